The summed E-state index contributed by atoms with van der Waals surface area (Å²) >= 11 is 4.68. The molecule has 0 unspecified atom stereocenters. The molecule has 124 valence electrons. The van der Waals surface area contributed by atoms with Crippen molar-refractivity contribution in [3.05, 3.63) is 28.7 Å². The van der Waals surface area contributed by atoms with Gasteiger partial charge in [-0.3, -0.25) is 4.79 Å². The highest BCUT2D eigenvalue weighted by molar-refractivity contribution is 9.10. The van der Waals surface area contributed by atoms with Gasteiger partial charge in [-0.1, -0.05) is 41.5 Å². The standard InChI is InChI=1S/C16H20BrN3O2S/c1-3-9-20(10-4-2)14(21)11-23-16-19-18-15(22-16)12-5-7-13(17)8-6-12/h5-8H,3-4,9-11H2,1-2H3. The molecule has 5 nitrogen and oxygen atoms in total. The summed E-state index contributed by atoms with van der Waals surface area (Å²) in [6, 6.07) is 7.65. The molecule has 0 saturated carbocycles. The Morgan fingerprint density at radius 2 is 1.83 bits per heavy atom. The molecule has 2 rings (SSSR count). The van der Waals surface area contributed by atoms with Crippen LogP contribution < -0.4 is 0 Å². The lowest BCUT2D eigenvalue weighted by molar-refractivity contribution is -0.128. The summed E-state index contributed by atoms with van der Waals surface area (Å²) in [5, 5.41) is 8.46. The van der Waals surface area contributed by atoms with Crippen molar-refractivity contribution in [2.45, 2.75) is 31.9 Å². The highest BCUT2D eigenvalue weighted by atomic mass is 79.9. The number of carbonyl (C=O) groups is 1. The summed E-state index contributed by atoms with van der Waals surface area (Å²) in [6.45, 7) is 5.74. The van der Waals surface area contributed by atoms with Crippen molar-refractivity contribution in [1.29, 1.82) is 0 Å². The van der Waals surface area contributed by atoms with Crippen LogP contribution in [-0.2, 0) is 4.79 Å². The lowest BCUT2D eigenvalue weighted by Gasteiger charge is -2.20. The van der Waals surface area contributed by atoms with Gasteiger partial charge in [-0.25, -0.2) is 0 Å². The van der Waals surface area contributed by atoms with Gasteiger partial charge in [-0.15, -0.1) is 10.2 Å². The van der Waals surface area contributed by atoms with Gasteiger partial charge in [0.05, 0.1) is 5.75 Å². The zero-order valence-corrected chi connectivity index (χ0v) is 15.7. The van der Waals surface area contributed by atoms with Crippen LogP contribution >= 0.6 is 27.7 Å². The van der Waals surface area contributed by atoms with Crippen molar-refractivity contribution in [3.63, 3.8) is 0 Å². The van der Waals surface area contributed by atoms with E-state index in [4.69, 9.17) is 4.42 Å². The average Bonchev–Trinajstić information content (AvgIpc) is 3.02. The normalized spacial score (nSPS) is 10.7. The van der Waals surface area contributed by atoms with E-state index in [1.807, 2.05) is 29.2 Å². The van der Waals surface area contributed by atoms with Gasteiger partial charge in [0.1, 0.15) is 0 Å². The van der Waals surface area contributed by atoms with E-state index >= 15 is 0 Å². The third kappa shape index (κ3) is 5.35. The van der Waals surface area contributed by atoms with E-state index in [0.717, 1.165) is 36.0 Å². The predicted molar refractivity (Wildman–Crippen MR) is 95.3 cm³/mol. The van der Waals surface area contributed by atoms with Crippen LogP contribution in [0, 0.1) is 0 Å². The fraction of sp³-hybridized carbons (Fsp3) is 0.438. The van der Waals surface area contributed by atoms with Crippen molar-refractivity contribution >= 4 is 33.6 Å². The number of carbonyl (C=O) groups excluding carboxylic acids is 1. The Morgan fingerprint density at radius 3 is 2.43 bits per heavy atom. The van der Waals surface area contributed by atoms with Crippen LogP contribution in [-0.4, -0.2) is 39.8 Å². The number of hydrogen-bond acceptors (Lipinski definition) is 5. The largest absolute Gasteiger partial charge is 0.411 e. The number of benzene rings is 1. The van der Waals surface area contributed by atoms with Crippen molar-refractivity contribution in [2.75, 3.05) is 18.8 Å². The predicted octanol–water partition coefficient (Wildman–Crippen LogP) is 4.24. The molecule has 1 aromatic carbocycles. The second kappa shape index (κ2) is 9.08. The maximum atomic E-state index is 12.2. The first kappa shape index (κ1) is 18.0. The summed E-state index contributed by atoms with van der Waals surface area (Å²) in [5.41, 5.74) is 0.859. The second-order valence-electron chi connectivity index (χ2n) is 5.05. The summed E-state index contributed by atoms with van der Waals surface area (Å²) in [5.74, 6) is 0.899. The second-order valence-corrected chi connectivity index (χ2v) is 6.89. The molecule has 7 heteroatoms. The van der Waals surface area contributed by atoms with Gasteiger partial charge in [0.15, 0.2) is 0 Å². The summed E-state index contributed by atoms with van der Waals surface area (Å²) in [4.78, 5) is 14.1. The first-order chi connectivity index (χ1) is 11.1. The zero-order chi connectivity index (χ0) is 16.7. The van der Waals surface area contributed by atoms with Crippen LogP contribution in [0.2, 0.25) is 0 Å². The van der Waals surface area contributed by atoms with Gasteiger partial charge in [-0.05, 0) is 37.1 Å². The molecule has 1 amide bonds. The molecule has 0 fully saturated rings. The molecule has 1 aromatic heterocycles. The first-order valence-corrected chi connectivity index (χ1v) is 9.42. The molecular weight excluding hydrogens is 378 g/mol. The Morgan fingerprint density at radius 1 is 1.17 bits per heavy atom. The Hall–Kier alpha value is -1.34. The molecule has 2 aromatic rings. The van der Waals surface area contributed by atoms with E-state index in [0.29, 0.717) is 16.9 Å². The Labute approximate surface area is 149 Å². The third-order valence-electron chi connectivity index (χ3n) is 3.16. The number of aromatic nitrogens is 2. The van der Waals surface area contributed by atoms with Gasteiger partial charge in [-0.2, -0.15) is 0 Å². The summed E-state index contributed by atoms with van der Waals surface area (Å²) in [7, 11) is 0. The number of rotatable bonds is 8. The third-order valence-corrected chi connectivity index (χ3v) is 4.49. The molecule has 0 spiro atoms. The number of thioether (sulfide) groups is 1. The monoisotopic (exact) mass is 397 g/mol. The minimum Gasteiger partial charge on any atom is -0.411 e. The zero-order valence-electron chi connectivity index (χ0n) is 13.3. The van der Waals surface area contributed by atoms with Crippen LogP contribution in [0.5, 0.6) is 0 Å². The molecule has 0 bridgehead atoms. The van der Waals surface area contributed by atoms with Crippen LogP contribution in [0.25, 0.3) is 11.5 Å². The fourth-order valence-corrected chi connectivity index (χ4v) is 3.02. The molecule has 0 aliphatic carbocycles. The minimum atomic E-state index is 0.113. The molecule has 0 radical (unpaired) electrons. The molecular formula is C16H20BrN3O2S. The molecule has 0 saturated heterocycles. The molecule has 0 N–H and O–H groups in total. The van der Waals surface area contributed by atoms with E-state index in [-0.39, 0.29) is 5.91 Å². The summed E-state index contributed by atoms with van der Waals surface area (Å²) < 4.78 is 6.61. The number of halogens is 1. The van der Waals surface area contributed by atoms with Crippen molar-refractivity contribution in [2.24, 2.45) is 0 Å². The SMILES string of the molecule is CCCN(CCC)C(=O)CSc1nnc(-c2ccc(Br)cc2)o1. The molecule has 0 aliphatic heterocycles. The van der Waals surface area contributed by atoms with Crippen molar-refractivity contribution in [3.8, 4) is 11.5 Å². The van der Waals surface area contributed by atoms with Gasteiger partial charge in [0.2, 0.25) is 11.8 Å². The number of nitrogens with zero attached hydrogens (tertiary/aromatic N) is 3. The quantitative estimate of drug-likeness (QED) is 0.623. The highest BCUT2D eigenvalue weighted by Crippen LogP contribution is 2.24. The van der Waals surface area contributed by atoms with E-state index in [2.05, 4.69) is 40.0 Å². The molecule has 1 heterocycles. The topological polar surface area (TPSA) is 59.2 Å². The highest BCUT2D eigenvalue weighted by Gasteiger charge is 2.15. The first-order valence-electron chi connectivity index (χ1n) is 7.64. The van der Waals surface area contributed by atoms with E-state index in [9.17, 15) is 4.79 Å². The van der Waals surface area contributed by atoms with Gasteiger partial charge in [0.25, 0.3) is 5.22 Å². The van der Waals surface area contributed by atoms with Crippen LogP contribution in [0.1, 0.15) is 26.7 Å². The lowest BCUT2D eigenvalue weighted by Crippen LogP contribution is -2.33. The number of hydrogen-bond donors (Lipinski definition) is 0. The molecule has 0 atom stereocenters. The average molecular weight is 398 g/mol. The van der Waals surface area contributed by atoms with Gasteiger partial charge in [0, 0.05) is 23.1 Å². The Kier molecular flexibility index (Phi) is 7.11. The molecule has 0 aliphatic rings. The van der Waals surface area contributed by atoms with E-state index < -0.39 is 0 Å². The molecule has 23 heavy (non-hydrogen) atoms. The van der Waals surface area contributed by atoms with Crippen molar-refractivity contribution < 1.29 is 9.21 Å². The number of amides is 1. The maximum absolute atomic E-state index is 12.2. The van der Waals surface area contributed by atoms with Crippen molar-refractivity contribution in [1.82, 2.24) is 15.1 Å². The van der Waals surface area contributed by atoms with Crippen LogP contribution in [0.15, 0.2) is 38.4 Å². The minimum absolute atomic E-state index is 0.113. The maximum Gasteiger partial charge on any atom is 0.277 e. The van der Waals surface area contributed by atoms with Crippen LogP contribution in [0.3, 0.4) is 0 Å². The van der Waals surface area contributed by atoms with Gasteiger partial charge < -0.3 is 9.32 Å². The van der Waals surface area contributed by atoms with Crippen LogP contribution in [0.4, 0.5) is 0 Å². The lowest BCUT2D eigenvalue weighted by atomic mass is 10.2. The smallest absolute Gasteiger partial charge is 0.277 e. The van der Waals surface area contributed by atoms with E-state index in [1.165, 1.54) is 11.8 Å². The Bertz CT molecular complexity index is 625. The van der Waals surface area contributed by atoms with Gasteiger partial charge >= 0.3 is 0 Å². The fourth-order valence-electron chi connectivity index (χ4n) is 2.09. The Balaban J connectivity index is 1.93. The summed E-state index contributed by atoms with van der Waals surface area (Å²) in [6.07, 6.45) is 1.93. The van der Waals surface area contributed by atoms with E-state index in [1.54, 1.807) is 0 Å².